The highest BCUT2D eigenvalue weighted by Gasteiger charge is 2.36. The normalized spacial score (nSPS) is 14.0. The molecule has 0 aliphatic carbocycles. The minimum Gasteiger partial charge on any atom is -0.389 e. The number of aliphatic hydroxyl groups is 1. The zero-order chi connectivity index (χ0) is 30.5. The number of aromatic nitrogens is 2. The summed E-state index contributed by atoms with van der Waals surface area (Å²) < 4.78 is 11.1. The van der Waals surface area contributed by atoms with Crippen LogP contribution in [0, 0.1) is 0 Å². The second-order valence-electron chi connectivity index (χ2n) is 11.7. The molecule has 0 saturated heterocycles. The summed E-state index contributed by atoms with van der Waals surface area (Å²) in [4.78, 5) is 27.0. The third-order valence-corrected chi connectivity index (χ3v) is 8.93. The van der Waals surface area contributed by atoms with E-state index in [1.165, 1.54) is 21.5 Å². The zero-order valence-corrected chi connectivity index (χ0v) is 24.5. The number of β-amino-alcohol motifs (C(OH)–C–C–N with tert-alkyl or cyclic N) is 1. The number of ether oxygens (including phenoxy) is 1. The summed E-state index contributed by atoms with van der Waals surface area (Å²) >= 11 is 0. The van der Waals surface area contributed by atoms with Crippen LogP contribution in [0.1, 0.15) is 20.7 Å². The van der Waals surface area contributed by atoms with Gasteiger partial charge in [-0.05, 0) is 36.4 Å². The Morgan fingerprint density at radius 2 is 0.867 bits per heavy atom. The van der Waals surface area contributed by atoms with Crippen molar-refractivity contribution in [2.45, 2.75) is 25.3 Å². The maximum Gasteiger partial charge on any atom is 0.261 e. The van der Waals surface area contributed by atoms with Crippen LogP contribution in [0.4, 0.5) is 0 Å². The number of carbonyl (C=O) groups is 2. The van der Waals surface area contributed by atoms with Gasteiger partial charge in [-0.25, -0.2) is 0 Å². The van der Waals surface area contributed by atoms with Crippen molar-refractivity contribution in [3.8, 4) is 0 Å². The van der Waals surface area contributed by atoms with E-state index in [0.29, 0.717) is 24.2 Å². The lowest BCUT2D eigenvalue weighted by Gasteiger charge is -2.24. The molecule has 3 heterocycles. The molecule has 0 saturated carbocycles. The first-order valence-corrected chi connectivity index (χ1v) is 15.3. The van der Waals surface area contributed by atoms with Gasteiger partial charge in [0, 0.05) is 43.6 Å². The number of imide groups is 1. The summed E-state index contributed by atoms with van der Waals surface area (Å²) in [6.07, 6.45) is -1.40. The molecule has 0 bridgehead atoms. The highest BCUT2D eigenvalue weighted by atomic mass is 16.5. The maximum absolute atomic E-state index is 12.9. The lowest BCUT2D eigenvalue weighted by atomic mass is 10.1. The van der Waals surface area contributed by atoms with Crippen molar-refractivity contribution in [3.63, 3.8) is 0 Å². The fraction of sp³-hybridized carbons (Fsp3) is 0.158. The predicted molar refractivity (Wildman–Crippen MR) is 176 cm³/mol. The van der Waals surface area contributed by atoms with E-state index < -0.39 is 6.10 Å². The summed E-state index contributed by atoms with van der Waals surface area (Å²) in [6, 6.07) is 40.3. The summed E-state index contributed by atoms with van der Waals surface area (Å²) in [5.41, 5.74) is 5.18. The standard InChI is InChI=1S/C38H31N3O4/c42-25(21-41-37(43)31-15-1-2-16-32(31)38(41)44)24-45-26(22-39-33-17-7-3-11-27(33)28-12-4-8-18-34(28)39)23-40-35-19-9-5-13-29(35)30-14-6-10-20-36(30)40/h1-20,25-26,42H,21-24H2. The van der Waals surface area contributed by atoms with Crippen molar-refractivity contribution in [1.29, 1.82) is 0 Å². The average Bonchev–Trinajstić information content (AvgIpc) is 3.66. The SMILES string of the molecule is O=C1c2ccccc2C(=O)N1CC(O)COC(Cn1c2ccccc2c2ccccc21)Cn1c2ccccc2c2ccccc21. The molecule has 2 amide bonds. The Bertz CT molecular complexity index is 1990. The molecule has 8 rings (SSSR count). The number of fused-ring (bicyclic) bond motifs is 7. The molecule has 0 spiro atoms. The smallest absolute Gasteiger partial charge is 0.261 e. The van der Waals surface area contributed by atoms with Crippen LogP contribution in [0.5, 0.6) is 0 Å². The van der Waals surface area contributed by atoms with Gasteiger partial charge in [0.2, 0.25) is 0 Å². The van der Waals surface area contributed by atoms with Crippen molar-refractivity contribution in [2.75, 3.05) is 13.2 Å². The van der Waals surface area contributed by atoms with E-state index >= 15 is 0 Å². The number of carbonyl (C=O) groups excluding carboxylic acids is 2. The molecule has 7 nitrogen and oxygen atoms in total. The second-order valence-corrected chi connectivity index (χ2v) is 11.7. The van der Waals surface area contributed by atoms with Crippen molar-refractivity contribution < 1.29 is 19.4 Å². The second kappa shape index (κ2) is 11.0. The van der Waals surface area contributed by atoms with Crippen LogP contribution in [0.2, 0.25) is 0 Å². The largest absolute Gasteiger partial charge is 0.389 e. The number of amides is 2. The van der Waals surface area contributed by atoms with E-state index in [4.69, 9.17) is 4.74 Å². The fourth-order valence-electron chi connectivity index (χ4n) is 6.89. The molecule has 45 heavy (non-hydrogen) atoms. The molecular weight excluding hydrogens is 562 g/mol. The minimum absolute atomic E-state index is 0.0354. The first-order valence-electron chi connectivity index (χ1n) is 15.3. The van der Waals surface area contributed by atoms with Gasteiger partial charge in [0.15, 0.2) is 0 Å². The molecular formula is C38H31N3O4. The first kappa shape index (κ1) is 27.3. The van der Waals surface area contributed by atoms with E-state index in [9.17, 15) is 14.7 Å². The van der Waals surface area contributed by atoms with Gasteiger partial charge < -0.3 is 19.0 Å². The van der Waals surface area contributed by atoms with Gasteiger partial charge in [0.1, 0.15) is 0 Å². The van der Waals surface area contributed by atoms with Gasteiger partial charge in [-0.15, -0.1) is 0 Å². The summed E-state index contributed by atoms with van der Waals surface area (Å²) in [6.45, 7) is 0.902. The van der Waals surface area contributed by atoms with Crippen LogP contribution in [0.25, 0.3) is 43.6 Å². The van der Waals surface area contributed by atoms with Crippen molar-refractivity contribution in [3.05, 3.63) is 132 Å². The molecule has 1 aliphatic heterocycles. The Balaban J connectivity index is 1.13. The van der Waals surface area contributed by atoms with Gasteiger partial charge >= 0.3 is 0 Å². The lowest BCUT2D eigenvalue weighted by Crippen LogP contribution is -2.40. The summed E-state index contributed by atoms with van der Waals surface area (Å²) in [7, 11) is 0. The number of aliphatic hydroxyl groups excluding tert-OH is 1. The maximum atomic E-state index is 12.9. The molecule has 222 valence electrons. The number of nitrogens with zero attached hydrogens (tertiary/aromatic N) is 3. The molecule has 0 radical (unpaired) electrons. The van der Waals surface area contributed by atoms with E-state index in [1.807, 2.05) is 24.3 Å². The van der Waals surface area contributed by atoms with Crippen molar-refractivity contribution >= 4 is 55.4 Å². The van der Waals surface area contributed by atoms with Crippen molar-refractivity contribution in [1.82, 2.24) is 14.0 Å². The topological polar surface area (TPSA) is 76.7 Å². The van der Waals surface area contributed by atoms with E-state index in [0.717, 1.165) is 27.0 Å². The van der Waals surface area contributed by atoms with Crippen LogP contribution in [0.15, 0.2) is 121 Å². The molecule has 7 aromatic rings. The summed E-state index contributed by atoms with van der Waals surface area (Å²) in [5, 5.41) is 15.8. The monoisotopic (exact) mass is 593 g/mol. The number of benzene rings is 5. The van der Waals surface area contributed by atoms with Crippen LogP contribution >= 0.6 is 0 Å². The Labute approximate surface area is 259 Å². The third kappa shape index (κ3) is 4.60. The Morgan fingerprint density at radius 3 is 1.27 bits per heavy atom. The molecule has 2 aromatic heterocycles. The fourth-order valence-corrected chi connectivity index (χ4v) is 6.89. The van der Waals surface area contributed by atoms with E-state index in [2.05, 4.69) is 81.9 Å². The summed E-state index contributed by atoms with van der Waals surface area (Å²) in [5.74, 6) is -0.775. The van der Waals surface area contributed by atoms with Gasteiger partial charge in [-0.1, -0.05) is 84.9 Å². The van der Waals surface area contributed by atoms with Gasteiger partial charge in [0.25, 0.3) is 11.8 Å². The van der Waals surface area contributed by atoms with Crippen LogP contribution < -0.4 is 0 Å². The molecule has 1 atom stereocenters. The number of rotatable bonds is 9. The molecule has 0 fully saturated rings. The molecule has 7 heteroatoms. The lowest BCUT2D eigenvalue weighted by molar-refractivity contribution is -0.0275. The highest BCUT2D eigenvalue weighted by Crippen LogP contribution is 2.32. The third-order valence-electron chi connectivity index (χ3n) is 8.93. The average molecular weight is 594 g/mol. The predicted octanol–water partition coefficient (Wildman–Crippen LogP) is 6.64. The zero-order valence-electron chi connectivity index (χ0n) is 24.5. The molecule has 1 N–H and O–H groups in total. The number of hydrogen-bond donors (Lipinski definition) is 1. The Kier molecular flexibility index (Phi) is 6.70. The molecule has 1 unspecified atom stereocenters. The van der Waals surface area contributed by atoms with Crippen molar-refractivity contribution in [2.24, 2.45) is 0 Å². The van der Waals surface area contributed by atoms with Gasteiger partial charge in [-0.2, -0.15) is 0 Å². The number of para-hydroxylation sites is 4. The molecule has 1 aliphatic rings. The van der Waals surface area contributed by atoms with Gasteiger partial charge in [0.05, 0.1) is 49.6 Å². The Morgan fingerprint density at radius 1 is 0.511 bits per heavy atom. The van der Waals surface area contributed by atoms with E-state index in [-0.39, 0.29) is 31.1 Å². The first-order chi connectivity index (χ1) is 22.1. The van der Waals surface area contributed by atoms with Crippen LogP contribution in [-0.4, -0.2) is 56.3 Å². The number of hydrogen-bond acceptors (Lipinski definition) is 4. The highest BCUT2D eigenvalue weighted by molar-refractivity contribution is 6.21. The quantitative estimate of drug-likeness (QED) is 0.190. The van der Waals surface area contributed by atoms with Crippen LogP contribution in [0.3, 0.4) is 0 Å². The van der Waals surface area contributed by atoms with E-state index in [1.54, 1.807) is 24.3 Å². The van der Waals surface area contributed by atoms with Gasteiger partial charge in [-0.3, -0.25) is 14.5 Å². The minimum atomic E-state index is -1.05. The van der Waals surface area contributed by atoms with Crippen LogP contribution in [-0.2, 0) is 17.8 Å². The Hall–Kier alpha value is -5.24. The molecule has 5 aromatic carbocycles.